The maximum Gasteiger partial charge on any atom is 0.246 e. The standard InChI is InChI=1S/C17H31N5O4/c1-9(19-6)15(25)21-13(17(3,4)5)16(26)22-8-11(20-10(2)23)7-12(22)14(18)24/h9,11-13,19H,7-8H2,1-6H3,(H2,18,24)(H,20,23)(H,21,25). The van der Waals surface area contributed by atoms with Crippen molar-refractivity contribution in [2.24, 2.45) is 11.1 Å². The molecule has 0 aromatic heterocycles. The third kappa shape index (κ3) is 5.42. The van der Waals surface area contributed by atoms with Gasteiger partial charge in [-0.25, -0.2) is 0 Å². The van der Waals surface area contributed by atoms with Crippen LogP contribution in [0.4, 0.5) is 0 Å². The van der Waals surface area contributed by atoms with Crippen molar-refractivity contribution in [3.05, 3.63) is 0 Å². The van der Waals surface area contributed by atoms with Crippen molar-refractivity contribution in [3.8, 4) is 0 Å². The van der Waals surface area contributed by atoms with E-state index in [9.17, 15) is 19.2 Å². The van der Waals surface area contributed by atoms with Crippen LogP contribution in [0, 0.1) is 5.41 Å². The first-order valence-electron chi connectivity index (χ1n) is 8.73. The molecule has 0 aliphatic carbocycles. The van der Waals surface area contributed by atoms with Crippen LogP contribution in [0.15, 0.2) is 0 Å². The molecule has 9 heteroatoms. The fourth-order valence-electron chi connectivity index (χ4n) is 2.95. The van der Waals surface area contributed by atoms with Crippen molar-refractivity contribution in [3.63, 3.8) is 0 Å². The van der Waals surface area contributed by atoms with Crippen LogP contribution in [-0.2, 0) is 19.2 Å². The quantitative estimate of drug-likeness (QED) is 0.463. The van der Waals surface area contributed by atoms with E-state index in [-0.39, 0.29) is 36.7 Å². The average molecular weight is 369 g/mol. The van der Waals surface area contributed by atoms with Crippen molar-refractivity contribution in [2.45, 2.75) is 65.2 Å². The molecule has 4 unspecified atom stereocenters. The molecule has 26 heavy (non-hydrogen) atoms. The number of likely N-dealkylation sites (N-methyl/N-ethyl adjacent to an activating group) is 1. The highest BCUT2D eigenvalue weighted by molar-refractivity contribution is 5.93. The van der Waals surface area contributed by atoms with Crippen LogP contribution in [0.3, 0.4) is 0 Å². The average Bonchev–Trinajstić information content (AvgIpc) is 2.93. The Morgan fingerprint density at radius 1 is 1.19 bits per heavy atom. The van der Waals surface area contributed by atoms with Crippen LogP contribution in [0.1, 0.15) is 41.0 Å². The van der Waals surface area contributed by atoms with Gasteiger partial charge in [-0.05, 0) is 25.8 Å². The number of primary amides is 1. The maximum atomic E-state index is 13.2. The number of hydrogen-bond acceptors (Lipinski definition) is 5. The summed E-state index contributed by atoms with van der Waals surface area (Å²) >= 11 is 0. The first kappa shape index (κ1) is 21.9. The summed E-state index contributed by atoms with van der Waals surface area (Å²) in [6.07, 6.45) is 0.262. The van der Waals surface area contributed by atoms with Gasteiger partial charge in [0.25, 0.3) is 0 Å². The minimum atomic E-state index is -0.830. The zero-order valence-corrected chi connectivity index (χ0v) is 16.4. The third-order valence-electron chi connectivity index (χ3n) is 4.55. The van der Waals surface area contributed by atoms with Crippen LogP contribution in [0.2, 0.25) is 0 Å². The number of carbonyl (C=O) groups is 4. The molecule has 9 nitrogen and oxygen atoms in total. The molecule has 4 atom stereocenters. The second kappa shape index (κ2) is 8.48. The summed E-state index contributed by atoms with van der Waals surface area (Å²) in [6, 6.07) is -2.46. The molecule has 1 rings (SSSR count). The Morgan fingerprint density at radius 2 is 1.77 bits per heavy atom. The summed E-state index contributed by atoms with van der Waals surface area (Å²) in [4.78, 5) is 49.9. The number of likely N-dealkylation sites (tertiary alicyclic amines) is 1. The highest BCUT2D eigenvalue weighted by atomic mass is 16.2. The van der Waals surface area contributed by atoms with Crippen molar-refractivity contribution >= 4 is 23.6 Å². The normalized spacial score (nSPS) is 22.5. The molecule has 4 amide bonds. The van der Waals surface area contributed by atoms with Gasteiger partial charge in [0.2, 0.25) is 23.6 Å². The van der Waals surface area contributed by atoms with Gasteiger partial charge >= 0.3 is 0 Å². The molecule has 0 aromatic carbocycles. The van der Waals surface area contributed by atoms with Crippen molar-refractivity contribution in [1.29, 1.82) is 0 Å². The largest absolute Gasteiger partial charge is 0.368 e. The number of hydrogen-bond donors (Lipinski definition) is 4. The van der Waals surface area contributed by atoms with E-state index in [0.717, 1.165) is 0 Å². The fourth-order valence-corrected chi connectivity index (χ4v) is 2.95. The van der Waals surface area contributed by atoms with E-state index in [1.54, 1.807) is 14.0 Å². The number of nitrogens with zero attached hydrogens (tertiary/aromatic N) is 1. The molecule has 0 spiro atoms. The maximum absolute atomic E-state index is 13.2. The molecule has 0 aromatic rings. The SMILES string of the molecule is CNC(C)C(=O)NC(C(=O)N1CC(NC(C)=O)CC1C(N)=O)C(C)(C)C. The Hall–Kier alpha value is -2.16. The summed E-state index contributed by atoms with van der Waals surface area (Å²) in [5, 5.41) is 8.31. The summed E-state index contributed by atoms with van der Waals surface area (Å²) in [5.74, 6) is -1.57. The van der Waals surface area contributed by atoms with Gasteiger partial charge in [0.15, 0.2) is 0 Å². The smallest absolute Gasteiger partial charge is 0.246 e. The highest BCUT2D eigenvalue weighted by Crippen LogP contribution is 2.26. The van der Waals surface area contributed by atoms with E-state index in [1.165, 1.54) is 11.8 Å². The predicted molar refractivity (Wildman–Crippen MR) is 96.8 cm³/mol. The Kier molecular flexibility index (Phi) is 7.14. The topological polar surface area (TPSA) is 134 Å². The molecular formula is C17H31N5O4. The van der Waals surface area contributed by atoms with Crippen LogP contribution < -0.4 is 21.7 Å². The van der Waals surface area contributed by atoms with Gasteiger partial charge in [-0.3, -0.25) is 19.2 Å². The minimum Gasteiger partial charge on any atom is -0.368 e. The number of nitrogens with one attached hydrogen (secondary N) is 3. The van der Waals surface area contributed by atoms with Crippen LogP contribution in [-0.4, -0.2) is 66.3 Å². The Bertz CT molecular complexity index is 572. The van der Waals surface area contributed by atoms with Crippen molar-refractivity contribution < 1.29 is 19.2 Å². The molecule has 5 N–H and O–H groups in total. The number of nitrogens with two attached hydrogens (primary N) is 1. The molecule has 0 bridgehead atoms. The van der Waals surface area contributed by atoms with E-state index in [1.807, 2.05) is 20.8 Å². The lowest BCUT2D eigenvalue weighted by molar-refractivity contribution is -0.143. The Balaban J connectivity index is 3.06. The van der Waals surface area contributed by atoms with E-state index >= 15 is 0 Å². The second-order valence-corrected chi connectivity index (χ2v) is 7.86. The summed E-state index contributed by atoms with van der Waals surface area (Å²) in [5.41, 5.74) is 4.88. The lowest BCUT2D eigenvalue weighted by atomic mass is 9.85. The lowest BCUT2D eigenvalue weighted by Gasteiger charge is -2.35. The van der Waals surface area contributed by atoms with Gasteiger partial charge in [0.05, 0.1) is 6.04 Å². The van der Waals surface area contributed by atoms with E-state index in [2.05, 4.69) is 16.0 Å². The van der Waals surface area contributed by atoms with E-state index in [0.29, 0.717) is 0 Å². The Morgan fingerprint density at radius 3 is 2.19 bits per heavy atom. The van der Waals surface area contributed by atoms with E-state index in [4.69, 9.17) is 5.73 Å². The van der Waals surface area contributed by atoms with Crippen LogP contribution in [0.25, 0.3) is 0 Å². The van der Waals surface area contributed by atoms with Gasteiger partial charge < -0.3 is 26.6 Å². The summed E-state index contributed by atoms with van der Waals surface area (Å²) in [7, 11) is 1.65. The molecule has 1 aliphatic rings. The molecule has 0 saturated carbocycles. The zero-order valence-electron chi connectivity index (χ0n) is 16.4. The van der Waals surface area contributed by atoms with Gasteiger partial charge in [-0.1, -0.05) is 20.8 Å². The lowest BCUT2D eigenvalue weighted by Crippen LogP contribution is -2.59. The van der Waals surface area contributed by atoms with Crippen molar-refractivity contribution in [2.75, 3.05) is 13.6 Å². The molecule has 148 valence electrons. The molecule has 1 fully saturated rings. The van der Waals surface area contributed by atoms with Gasteiger partial charge in [-0.2, -0.15) is 0 Å². The highest BCUT2D eigenvalue weighted by Gasteiger charge is 2.44. The van der Waals surface area contributed by atoms with Crippen LogP contribution in [0.5, 0.6) is 0 Å². The fraction of sp³-hybridized carbons (Fsp3) is 0.765. The van der Waals surface area contributed by atoms with Gasteiger partial charge in [-0.15, -0.1) is 0 Å². The minimum absolute atomic E-state index is 0.177. The first-order chi connectivity index (χ1) is 11.9. The van der Waals surface area contributed by atoms with Gasteiger partial charge in [0, 0.05) is 19.5 Å². The Labute approximate surface area is 154 Å². The monoisotopic (exact) mass is 369 g/mol. The molecule has 1 aliphatic heterocycles. The van der Waals surface area contributed by atoms with Crippen molar-refractivity contribution in [1.82, 2.24) is 20.9 Å². The summed E-state index contributed by atoms with van der Waals surface area (Å²) in [6.45, 7) is 8.74. The summed E-state index contributed by atoms with van der Waals surface area (Å²) < 4.78 is 0. The van der Waals surface area contributed by atoms with Crippen LogP contribution >= 0.6 is 0 Å². The molecular weight excluding hydrogens is 338 g/mol. The molecule has 1 heterocycles. The molecule has 0 radical (unpaired) electrons. The van der Waals surface area contributed by atoms with E-state index < -0.39 is 29.4 Å². The molecule has 1 saturated heterocycles. The first-order valence-corrected chi connectivity index (χ1v) is 8.73. The number of amides is 4. The second-order valence-electron chi connectivity index (χ2n) is 7.86. The van der Waals surface area contributed by atoms with Gasteiger partial charge in [0.1, 0.15) is 12.1 Å². The number of rotatable bonds is 6. The third-order valence-corrected chi connectivity index (χ3v) is 4.55. The predicted octanol–water partition coefficient (Wildman–Crippen LogP) is -1.28. The zero-order chi connectivity index (χ0) is 20.2. The number of carbonyl (C=O) groups excluding carboxylic acids is 4.